The van der Waals surface area contributed by atoms with Crippen LogP contribution in [0.15, 0.2) is 30.6 Å². The van der Waals surface area contributed by atoms with Crippen LogP contribution >= 0.6 is 0 Å². The van der Waals surface area contributed by atoms with Crippen LogP contribution in [-0.4, -0.2) is 29.0 Å². The van der Waals surface area contributed by atoms with E-state index in [1.807, 2.05) is 18.2 Å². The molecule has 0 bridgehead atoms. The topological polar surface area (TPSA) is 81.3 Å². The Hall–Kier alpha value is -2.63. The number of carbonyl (C=O) groups is 1. The van der Waals surface area contributed by atoms with Crippen molar-refractivity contribution in [3.05, 3.63) is 47.4 Å². The van der Waals surface area contributed by atoms with Gasteiger partial charge >= 0.3 is 0 Å². The van der Waals surface area contributed by atoms with Gasteiger partial charge in [0.15, 0.2) is 0 Å². The van der Waals surface area contributed by atoms with Gasteiger partial charge in [0.2, 0.25) is 5.91 Å². The largest absolute Gasteiger partial charge is 0.487 e. The first-order valence-corrected chi connectivity index (χ1v) is 9.27. The molecule has 1 aromatic heterocycles. The van der Waals surface area contributed by atoms with Crippen molar-refractivity contribution in [3.8, 4) is 5.75 Å². The van der Waals surface area contributed by atoms with Crippen LogP contribution in [0, 0.1) is 5.92 Å². The number of nitrogens with two attached hydrogens (primary N) is 1. The van der Waals surface area contributed by atoms with Gasteiger partial charge in [0.25, 0.3) is 0 Å². The summed E-state index contributed by atoms with van der Waals surface area (Å²) in [6, 6.07) is 8.15. The zero-order valence-corrected chi connectivity index (χ0v) is 14.9. The first-order valence-electron chi connectivity index (χ1n) is 9.27. The molecule has 6 nitrogen and oxygen atoms in total. The maximum atomic E-state index is 11.1. The maximum absolute atomic E-state index is 11.1. The average molecular weight is 352 g/mol. The van der Waals surface area contributed by atoms with Crippen LogP contribution < -0.4 is 15.4 Å². The van der Waals surface area contributed by atoms with Gasteiger partial charge in [0.05, 0.1) is 5.69 Å². The van der Waals surface area contributed by atoms with Crippen LogP contribution in [0.4, 0.5) is 5.82 Å². The van der Waals surface area contributed by atoms with Gasteiger partial charge in [-0.1, -0.05) is 18.2 Å². The molecule has 0 aliphatic carbocycles. The molecule has 1 saturated heterocycles. The molecule has 0 radical (unpaired) electrons. The van der Waals surface area contributed by atoms with E-state index in [1.165, 1.54) is 5.56 Å². The molecule has 1 aromatic carbocycles. The number of hydrogen-bond acceptors (Lipinski definition) is 5. The summed E-state index contributed by atoms with van der Waals surface area (Å²) >= 11 is 0. The summed E-state index contributed by atoms with van der Waals surface area (Å²) in [5.41, 5.74) is 8.62. The second kappa shape index (κ2) is 7.32. The molecule has 4 rings (SSSR count). The van der Waals surface area contributed by atoms with Crippen molar-refractivity contribution >= 4 is 11.7 Å². The minimum absolute atomic E-state index is 0.216. The summed E-state index contributed by atoms with van der Waals surface area (Å²) < 4.78 is 5.94. The zero-order valence-electron chi connectivity index (χ0n) is 14.9. The van der Waals surface area contributed by atoms with Crippen LogP contribution in [0.3, 0.4) is 0 Å². The number of nitrogens with zero attached hydrogens (tertiary/aromatic N) is 3. The summed E-state index contributed by atoms with van der Waals surface area (Å²) in [5, 5.41) is 0. The Bertz CT molecular complexity index is 808. The lowest BCUT2D eigenvalue weighted by molar-refractivity contribution is -0.118. The Kier molecular flexibility index (Phi) is 4.73. The highest BCUT2D eigenvalue weighted by atomic mass is 16.5. The number of aromatic nitrogens is 2. The van der Waals surface area contributed by atoms with E-state index in [0.717, 1.165) is 61.6 Å². The first-order chi connectivity index (χ1) is 12.7. The number of hydrogen-bond donors (Lipinski definition) is 1. The SMILES string of the molecule is NC(=O)CCC1CCCN(c2ncnc3c2Cc2ccccc2OC3)C1. The molecule has 2 aromatic rings. The van der Waals surface area contributed by atoms with Crippen molar-refractivity contribution in [1.29, 1.82) is 0 Å². The van der Waals surface area contributed by atoms with E-state index in [2.05, 4.69) is 20.9 Å². The zero-order chi connectivity index (χ0) is 17.9. The van der Waals surface area contributed by atoms with Crippen LogP contribution in [0.5, 0.6) is 5.75 Å². The molecule has 136 valence electrons. The fourth-order valence-electron chi connectivity index (χ4n) is 3.98. The highest BCUT2D eigenvalue weighted by Crippen LogP contribution is 2.33. The predicted molar refractivity (Wildman–Crippen MR) is 99.0 cm³/mol. The van der Waals surface area contributed by atoms with Crippen molar-refractivity contribution in [2.75, 3.05) is 18.0 Å². The number of carbonyl (C=O) groups excluding carboxylic acids is 1. The Morgan fingerprint density at radius 3 is 3.08 bits per heavy atom. The third kappa shape index (κ3) is 3.49. The van der Waals surface area contributed by atoms with E-state index in [0.29, 0.717) is 18.9 Å². The van der Waals surface area contributed by atoms with Crippen molar-refractivity contribution < 1.29 is 9.53 Å². The molecule has 1 amide bonds. The van der Waals surface area contributed by atoms with Crippen molar-refractivity contribution in [3.63, 3.8) is 0 Å². The minimum Gasteiger partial charge on any atom is -0.487 e. The fraction of sp³-hybridized carbons (Fsp3) is 0.450. The summed E-state index contributed by atoms with van der Waals surface area (Å²) in [5.74, 6) is 2.21. The van der Waals surface area contributed by atoms with E-state index in [4.69, 9.17) is 10.5 Å². The van der Waals surface area contributed by atoms with Crippen molar-refractivity contribution in [1.82, 2.24) is 9.97 Å². The quantitative estimate of drug-likeness (QED) is 0.914. The highest BCUT2D eigenvalue weighted by Gasteiger charge is 2.26. The van der Waals surface area contributed by atoms with Gasteiger partial charge in [-0.25, -0.2) is 9.97 Å². The molecule has 1 atom stereocenters. The molecule has 2 aliphatic rings. The standard InChI is InChI=1S/C20H24N4O2/c21-19(25)8-7-14-4-3-9-24(11-14)20-16-10-15-5-1-2-6-18(15)26-12-17(16)22-13-23-20/h1-2,5-6,13-14H,3-4,7-12H2,(H2,21,25). The van der Waals surface area contributed by atoms with Gasteiger partial charge in [-0.3, -0.25) is 4.79 Å². The Morgan fingerprint density at radius 1 is 1.31 bits per heavy atom. The number of benzene rings is 1. The number of amides is 1. The molecule has 1 unspecified atom stereocenters. The second-order valence-corrected chi connectivity index (χ2v) is 7.15. The number of piperidine rings is 1. The lowest BCUT2D eigenvalue weighted by Crippen LogP contribution is -2.37. The molecule has 2 aliphatic heterocycles. The van der Waals surface area contributed by atoms with Gasteiger partial charge in [0.1, 0.15) is 24.5 Å². The summed E-state index contributed by atoms with van der Waals surface area (Å²) in [6.07, 6.45) is 5.98. The first kappa shape index (κ1) is 16.8. The van der Waals surface area contributed by atoms with Crippen LogP contribution in [0.1, 0.15) is 42.5 Å². The summed E-state index contributed by atoms with van der Waals surface area (Å²) in [7, 11) is 0. The molecule has 0 spiro atoms. The van der Waals surface area contributed by atoms with Crippen molar-refractivity contribution in [2.24, 2.45) is 11.7 Å². The molecule has 2 N–H and O–H groups in total. The molecular weight excluding hydrogens is 328 g/mol. The third-order valence-corrected chi connectivity index (χ3v) is 5.33. The van der Waals surface area contributed by atoms with Crippen molar-refractivity contribution in [2.45, 2.75) is 38.7 Å². The monoisotopic (exact) mass is 352 g/mol. The fourth-order valence-corrected chi connectivity index (χ4v) is 3.98. The van der Waals surface area contributed by atoms with E-state index in [-0.39, 0.29) is 5.91 Å². The molecule has 6 heteroatoms. The molecule has 26 heavy (non-hydrogen) atoms. The van der Waals surface area contributed by atoms with Gasteiger partial charge in [-0.2, -0.15) is 0 Å². The number of anilines is 1. The number of rotatable bonds is 4. The van der Waals surface area contributed by atoms with Crippen LogP contribution in [0.2, 0.25) is 0 Å². The Morgan fingerprint density at radius 2 is 2.19 bits per heavy atom. The van der Waals surface area contributed by atoms with Gasteiger partial charge in [-0.15, -0.1) is 0 Å². The number of ether oxygens (including phenoxy) is 1. The van der Waals surface area contributed by atoms with E-state index in [9.17, 15) is 4.79 Å². The van der Waals surface area contributed by atoms with Gasteiger partial charge < -0.3 is 15.4 Å². The molecule has 0 saturated carbocycles. The molecule has 3 heterocycles. The van der Waals surface area contributed by atoms with Crippen LogP contribution in [0.25, 0.3) is 0 Å². The third-order valence-electron chi connectivity index (χ3n) is 5.33. The minimum atomic E-state index is -0.216. The van der Waals surface area contributed by atoms with Crippen LogP contribution in [-0.2, 0) is 17.8 Å². The van der Waals surface area contributed by atoms with Gasteiger partial charge in [0, 0.05) is 31.5 Å². The normalized spacial score (nSPS) is 19.1. The maximum Gasteiger partial charge on any atom is 0.217 e. The summed E-state index contributed by atoms with van der Waals surface area (Å²) in [6.45, 7) is 2.37. The van der Waals surface area contributed by atoms with E-state index in [1.54, 1.807) is 6.33 Å². The van der Waals surface area contributed by atoms with Gasteiger partial charge in [-0.05, 0) is 36.8 Å². The number of fused-ring (bicyclic) bond motifs is 2. The number of primary amides is 1. The highest BCUT2D eigenvalue weighted by molar-refractivity contribution is 5.73. The lowest BCUT2D eigenvalue weighted by Gasteiger charge is -2.34. The predicted octanol–water partition coefficient (Wildman–Crippen LogP) is 2.44. The Labute approximate surface area is 153 Å². The van der Waals surface area contributed by atoms with E-state index >= 15 is 0 Å². The number of para-hydroxylation sites is 1. The van der Waals surface area contributed by atoms with E-state index < -0.39 is 0 Å². The Balaban J connectivity index is 1.59. The average Bonchev–Trinajstić information content (AvgIpc) is 2.86. The molecular formula is C20H24N4O2. The summed E-state index contributed by atoms with van der Waals surface area (Å²) in [4.78, 5) is 22.6. The second-order valence-electron chi connectivity index (χ2n) is 7.15. The smallest absolute Gasteiger partial charge is 0.217 e. The lowest BCUT2D eigenvalue weighted by atomic mass is 9.92. The molecule has 1 fully saturated rings.